The Hall–Kier alpha value is -0.700. The Bertz CT molecular complexity index is 369. The number of morpholine rings is 1. The fourth-order valence-corrected chi connectivity index (χ4v) is 3.53. The van der Waals surface area contributed by atoms with Crippen molar-refractivity contribution >= 4 is 16.0 Å². The summed E-state index contributed by atoms with van der Waals surface area (Å²) in [4.78, 5) is 10.7. The Morgan fingerprint density at radius 2 is 2.28 bits per heavy atom. The molecule has 0 aromatic heterocycles. The Morgan fingerprint density at radius 3 is 2.89 bits per heavy atom. The summed E-state index contributed by atoms with van der Waals surface area (Å²) in [6.07, 6.45) is 0.166. The Balaban J connectivity index is 2.66. The number of nitrogens with zero attached hydrogens (tertiary/aromatic N) is 1. The predicted octanol–water partition coefficient (Wildman–Crippen LogP) is -0.472. The van der Waals surface area contributed by atoms with Gasteiger partial charge in [-0.25, -0.2) is 8.42 Å². The van der Waals surface area contributed by atoms with E-state index in [1.165, 1.54) is 11.4 Å². The van der Waals surface area contributed by atoms with Gasteiger partial charge in [-0.1, -0.05) is 0 Å². The monoisotopic (exact) mass is 281 g/mol. The van der Waals surface area contributed by atoms with Gasteiger partial charge < -0.3 is 14.6 Å². The smallest absolute Gasteiger partial charge is 0.305 e. The van der Waals surface area contributed by atoms with Crippen molar-refractivity contribution in [3.8, 4) is 0 Å². The van der Waals surface area contributed by atoms with Gasteiger partial charge in [0.05, 0.1) is 31.4 Å². The molecule has 0 aromatic rings. The van der Waals surface area contributed by atoms with E-state index in [9.17, 15) is 13.2 Å². The van der Waals surface area contributed by atoms with Crippen LogP contribution in [-0.2, 0) is 24.3 Å². The molecule has 1 aliphatic heterocycles. The lowest BCUT2D eigenvalue weighted by atomic mass is 10.2. The lowest BCUT2D eigenvalue weighted by Gasteiger charge is -2.33. The predicted molar refractivity (Wildman–Crippen MR) is 63.8 cm³/mol. The number of carbonyl (C=O) groups is 1. The number of rotatable bonds is 7. The highest BCUT2D eigenvalue weighted by Crippen LogP contribution is 2.16. The van der Waals surface area contributed by atoms with E-state index >= 15 is 0 Å². The van der Waals surface area contributed by atoms with Crippen molar-refractivity contribution in [1.82, 2.24) is 4.31 Å². The summed E-state index contributed by atoms with van der Waals surface area (Å²) in [5, 5.41) is 8.77. The molecule has 18 heavy (non-hydrogen) atoms. The van der Waals surface area contributed by atoms with Crippen molar-refractivity contribution in [3.05, 3.63) is 0 Å². The normalized spacial score (nSPS) is 21.9. The Kier molecular flexibility index (Phi) is 6.00. The molecule has 0 bridgehead atoms. The molecular weight excluding hydrogens is 262 g/mol. The second-order valence-corrected chi connectivity index (χ2v) is 6.14. The maximum atomic E-state index is 12.1. The summed E-state index contributed by atoms with van der Waals surface area (Å²) >= 11 is 0. The average molecular weight is 281 g/mol. The number of carboxylic acid groups (broad SMARTS) is 1. The van der Waals surface area contributed by atoms with Crippen molar-refractivity contribution in [2.75, 3.05) is 39.2 Å². The maximum absolute atomic E-state index is 12.1. The molecule has 1 rings (SSSR count). The Morgan fingerprint density at radius 1 is 1.56 bits per heavy atom. The molecule has 1 aliphatic rings. The summed E-state index contributed by atoms with van der Waals surface area (Å²) < 4.78 is 35.4. The number of ether oxygens (including phenoxy) is 2. The average Bonchev–Trinajstić information content (AvgIpc) is 2.29. The van der Waals surface area contributed by atoms with Crippen LogP contribution in [0.5, 0.6) is 0 Å². The van der Waals surface area contributed by atoms with Crippen LogP contribution in [-0.4, -0.2) is 69.1 Å². The van der Waals surface area contributed by atoms with E-state index in [4.69, 9.17) is 14.6 Å². The van der Waals surface area contributed by atoms with Crippen LogP contribution in [0.2, 0.25) is 0 Å². The summed E-state index contributed by atoms with van der Waals surface area (Å²) in [5.74, 6) is -1.06. The molecular formula is C10H19NO6S. The number of hydrogen-bond acceptors (Lipinski definition) is 5. The molecule has 0 radical (unpaired) electrons. The number of hydrogen-bond donors (Lipinski definition) is 1. The van der Waals surface area contributed by atoms with Crippen LogP contribution in [0.15, 0.2) is 0 Å². The molecule has 0 saturated carbocycles. The van der Waals surface area contributed by atoms with Crippen LogP contribution in [0.1, 0.15) is 12.8 Å². The fraction of sp³-hybridized carbons (Fsp3) is 0.900. The third-order valence-corrected chi connectivity index (χ3v) is 4.69. The minimum absolute atomic E-state index is 0.0308. The van der Waals surface area contributed by atoms with Crippen LogP contribution < -0.4 is 0 Å². The van der Waals surface area contributed by atoms with Crippen molar-refractivity contribution in [3.63, 3.8) is 0 Å². The first kappa shape index (κ1) is 15.4. The van der Waals surface area contributed by atoms with Crippen molar-refractivity contribution in [2.24, 2.45) is 0 Å². The van der Waals surface area contributed by atoms with Gasteiger partial charge in [-0.15, -0.1) is 0 Å². The van der Waals surface area contributed by atoms with Crippen LogP contribution in [0, 0.1) is 0 Å². The van der Waals surface area contributed by atoms with E-state index in [0.29, 0.717) is 19.6 Å². The first-order chi connectivity index (χ1) is 8.47. The van der Waals surface area contributed by atoms with E-state index < -0.39 is 22.0 Å². The molecule has 0 aromatic carbocycles. The molecule has 1 N–H and O–H groups in total. The zero-order valence-electron chi connectivity index (χ0n) is 10.4. The number of carboxylic acids is 1. The largest absolute Gasteiger partial charge is 0.481 e. The zero-order chi connectivity index (χ0) is 13.6. The Labute approximate surface area is 107 Å². The number of aliphatic carboxylic acids is 1. The van der Waals surface area contributed by atoms with E-state index in [-0.39, 0.29) is 25.3 Å². The second kappa shape index (κ2) is 7.03. The summed E-state index contributed by atoms with van der Waals surface area (Å²) in [6, 6.07) is -0.608. The van der Waals surface area contributed by atoms with E-state index in [1.54, 1.807) is 0 Å². The van der Waals surface area contributed by atoms with E-state index in [2.05, 4.69) is 0 Å². The molecule has 0 amide bonds. The highest BCUT2D eigenvalue weighted by molar-refractivity contribution is 7.89. The maximum Gasteiger partial charge on any atom is 0.305 e. The van der Waals surface area contributed by atoms with Gasteiger partial charge in [-0.2, -0.15) is 4.31 Å². The minimum atomic E-state index is -3.44. The summed E-state index contributed by atoms with van der Waals surface area (Å²) in [5.41, 5.74) is 0. The van der Waals surface area contributed by atoms with Gasteiger partial charge in [0, 0.05) is 20.3 Å². The van der Waals surface area contributed by atoms with Gasteiger partial charge in [0.25, 0.3) is 0 Å². The second-order valence-electron chi connectivity index (χ2n) is 4.10. The van der Waals surface area contributed by atoms with Crippen LogP contribution in [0.25, 0.3) is 0 Å². The number of methoxy groups -OCH3 is 1. The summed E-state index contributed by atoms with van der Waals surface area (Å²) in [7, 11) is -1.93. The highest BCUT2D eigenvalue weighted by atomic mass is 32.2. The highest BCUT2D eigenvalue weighted by Gasteiger charge is 2.33. The molecule has 1 unspecified atom stereocenters. The van der Waals surface area contributed by atoms with Gasteiger partial charge in [-0.05, 0) is 6.42 Å². The van der Waals surface area contributed by atoms with Crippen LogP contribution >= 0.6 is 0 Å². The van der Waals surface area contributed by atoms with Gasteiger partial charge in [0.2, 0.25) is 10.0 Å². The van der Waals surface area contributed by atoms with E-state index in [1.807, 2.05) is 0 Å². The zero-order valence-corrected chi connectivity index (χ0v) is 11.2. The van der Waals surface area contributed by atoms with E-state index in [0.717, 1.165) is 0 Å². The molecule has 7 nitrogen and oxygen atoms in total. The van der Waals surface area contributed by atoms with Crippen LogP contribution in [0.4, 0.5) is 0 Å². The lowest BCUT2D eigenvalue weighted by molar-refractivity contribution is -0.139. The summed E-state index contributed by atoms with van der Waals surface area (Å²) in [6.45, 7) is 1.02. The standard InChI is InChI=1S/C10H19NO6S/c1-16-4-2-6-18(14,15)11-3-5-17-8-9(11)7-10(12)13/h9H,2-8H2,1H3,(H,12,13). The van der Waals surface area contributed by atoms with Gasteiger partial charge >= 0.3 is 5.97 Å². The minimum Gasteiger partial charge on any atom is -0.481 e. The molecule has 106 valence electrons. The fourth-order valence-electron chi connectivity index (χ4n) is 1.87. The molecule has 8 heteroatoms. The number of sulfonamides is 1. The first-order valence-electron chi connectivity index (χ1n) is 5.75. The molecule has 1 atom stereocenters. The third kappa shape index (κ3) is 4.52. The molecule has 1 fully saturated rings. The molecule has 0 aliphatic carbocycles. The SMILES string of the molecule is COCCCS(=O)(=O)N1CCOCC1CC(=O)O. The quantitative estimate of drug-likeness (QED) is 0.634. The van der Waals surface area contributed by atoms with Crippen molar-refractivity contribution in [1.29, 1.82) is 0 Å². The van der Waals surface area contributed by atoms with Crippen molar-refractivity contribution < 1.29 is 27.8 Å². The molecule has 1 heterocycles. The molecule has 0 spiro atoms. The third-order valence-electron chi connectivity index (χ3n) is 2.69. The van der Waals surface area contributed by atoms with Gasteiger partial charge in [0.1, 0.15) is 0 Å². The van der Waals surface area contributed by atoms with Gasteiger partial charge in [0.15, 0.2) is 0 Å². The first-order valence-corrected chi connectivity index (χ1v) is 7.36. The van der Waals surface area contributed by atoms with Gasteiger partial charge in [-0.3, -0.25) is 4.79 Å². The molecule has 1 saturated heterocycles. The van der Waals surface area contributed by atoms with Crippen LogP contribution in [0.3, 0.4) is 0 Å². The van der Waals surface area contributed by atoms with Crippen molar-refractivity contribution in [2.45, 2.75) is 18.9 Å². The topological polar surface area (TPSA) is 93.1 Å². The lowest BCUT2D eigenvalue weighted by Crippen LogP contribution is -2.50.